The zero-order valence-corrected chi connectivity index (χ0v) is 9.37. The number of fused-ring (bicyclic) bond motifs is 1. The fourth-order valence-electron chi connectivity index (χ4n) is 2.01. The van der Waals surface area contributed by atoms with Gasteiger partial charge in [-0.1, -0.05) is 12.1 Å². The standard InChI is InChI=1S/C13H17NO2/c1-2-11(9-14-8-10-4-5-10)13-12(3-1)15-6-7-16-13/h1-3,10,14H,4-9H2. The highest BCUT2D eigenvalue weighted by atomic mass is 16.6. The molecule has 1 aromatic carbocycles. The van der Waals surface area contributed by atoms with E-state index in [2.05, 4.69) is 11.4 Å². The van der Waals surface area contributed by atoms with Crippen LogP contribution in [-0.2, 0) is 6.54 Å². The van der Waals surface area contributed by atoms with Gasteiger partial charge in [-0.25, -0.2) is 0 Å². The molecule has 1 saturated carbocycles. The lowest BCUT2D eigenvalue weighted by Gasteiger charge is -2.21. The molecule has 0 saturated heterocycles. The molecule has 2 aliphatic rings. The molecule has 3 nitrogen and oxygen atoms in total. The lowest BCUT2D eigenvalue weighted by atomic mass is 10.1. The van der Waals surface area contributed by atoms with Gasteiger partial charge in [-0.05, 0) is 31.4 Å². The minimum atomic E-state index is 0.659. The second-order valence-electron chi connectivity index (χ2n) is 4.52. The highest BCUT2D eigenvalue weighted by Crippen LogP contribution is 2.33. The van der Waals surface area contributed by atoms with Crippen molar-refractivity contribution in [2.75, 3.05) is 19.8 Å². The number of hydrogen-bond donors (Lipinski definition) is 1. The van der Waals surface area contributed by atoms with E-state index in [9.17, 15) is 0 Å². The first kappa shape index (κ1) is 9.97. The summed E-state index contributed by atoms with van der Waals surface area (Å²) in [6, 6.07) is 6.11. The molecule has 1 heterocycles. The van der Waals surface area contributed by atoms with E-state index in [0.29, 0.717) is 13.2 Å². The van der Waals surface area contributed by atoms with Crippen LogP contribution in [0.4, 0.5) is 0 Å². The Morgan fingerprint density at radius 1 is 1.19 bits per heavy atom. The molecule has 0 amide bonds. The summed E-state index contributed by atoms with van der Waals surface area (Å²) in [6.45, 7) is 3.33. The van der Waals surface area contributed by atoms with Gasteiger partial charge in [-0.3, -0.25) is 0 Å². The molecule has 1 N–H and O–H groups in total. The average molecular weight is 219 g/mol. The number of rotatable bonds is 4. The van der Waals surface area contributed by atoms with Crippen molar-refractivity contribution in [3.05, 3.63) is 23.8 Å². The van der Waals surface area contributed by atoms with E-state index in [4.69, 9.17) is 9.47 Å². The fourth-order valence-corrected chi connectivity index (χ4v) is 2.01. The molecule has 16 heavy (non-hydrogen) atoms. The fraction of sp³-hybridized carbons (Fsp3) is 0.538. The van der Waals surface area contributed by atoms with Crippen LogP contribution >= 0.6 is 0 Å². The number of para-hydroxylation sites is 1. The zero-order chi connectivity index (χ0) is 10.8. The van der Waals surface area contributed by atoms with Crippen molar-refractivity contribution in [2.45, 2.75) is 19.4 Å². The molecule has 3 rings (SSSR count). The first-order chi connectivity index (χ1) is 7.93. The smallest absolute Gasteiger partial charge is 0.165 e. The van der Waals surface area contributed by atoms with Gasteiger partial charge < -0.3 is 14.8 Å². The van der Waals surface area contributed by atoms with Gasteiger partial charge >= 0.3 is 0 Å². The third-order valence-corrected chi connectivity index (χ3v) is 3.09. The molecule has 0 atom stereocenters. The molecular formula is C13H17NO2. The molecule has 86 valence electrons. The van der Waals surface area contributed by atoms with Gasteiger partial charge in [-0.15, -0.1) is 0 Å². The van der Waals surface area contributed by atoms with E-state index in [1.54, 1.807) is 0 Å². The number of benzene rings is 1. The molecule has 1 aromatic rings. The summed E-state index contributed by atoms with van der Waals surface area (Å²) < 4.78 is 11.2. The summed E-state index contributed by atoms with van der Waals surface area (Å²) in [5.74, 6) is 2.73. The van der Waals surface area contributed by atoms with Crippen molar-refractivity contribution in [2.24, 2.45) is 5.92 Å². The van der Waals surface area contributed by atoms with Crippen LogP contribution in [0, 0.1) is 5.92 Å². The summed E-state index contributed by atoms with van der Waals surface area (Å²) in [7, 11) is 0. The maximum atomic E-state index is 5.66. The highest BCUT2D eigenvalue weighted by molar-refractivity contribution is 5.47. The third kappa shape index (κ3) is 2.14. The minimum absolute atomic E-state index is 0.659. The topological polar surface area (TPSA) is 30.5 Å². The zero-order valence-electron chi connectivity index (χ0n) is 9.37. The first-order valence-electron chi connectivity index (χ1n) is 6.02. The minimum Gasteiger partial charge on any atom is -0.486 e. The Hall–Kier alpha value is -1.22. The average Bonchev–Trinajstić information content (AvgIpc) is 3.13. The van der Waals surface area contributed by atoms with E-state index < -0.39 is 0 Å². The number of hydrogen-bond acceptors (Lipinski definition) is 3. The maximum absolute atomic E-state index is 5.66. The molecule has 0 bridgehead atoms. The summed E-state index contributed by atoms with van der Waals surface area (Å²) in [6.07, 6.45) is 2.78. The molecule has 0 spiro atoms. The van der Waals surface area contributed by atoms with E-state index in [0.717, 1.165) is 30.5 Å². The van der Waals surface area contributed by atoms with Gasteiger partial charge in [0.2, 0.25) is 0 Å². The normalized spacial score (nSPS) is 18.5. The van der Waals surface area contributed by atoms with Crippen LogP contribution in [0.2, 0.25) is 0 Å². The van der Waals surface area contributed by atoms with Gasteiger partial charge in [0.05, 0.1) is 0 Å². The molecule has 0 unspecified atom stereocenters. The molecule has 1 aliphatic carbocycles. The molecule has 1 aliphatic heterocycles. The van der Waals surface area contributed by atoms with Crippen molar-refractivity contribution in [1.29, 1.82) is 0 Å². The first-order valence-corrected chi connectivity index (χ1v) is 6.02. The Balaban J connectivity index is 1.67. The molecule has 0 radical (unpaired) electrons. The van der Waals surface area contributed by atoms with Crippen LogP contribution in [0.1, 0.15) is 18.4 Å². The summed E-state index contributed by atoms with van der Waals surface area (Å²) in [4.78, 5) is 0. The van der Waals surface area contributed by atoms with Crippen molar-refractivity contribution in [3.8, 4) is 11.5 Å². The van der Waals surface area contributed by atoms with Crippen LogP contribution in [0.5, 0.6) is 11.5 Å². The SMILES string of the molecule is c1cc(CNCC2CC2)c2c(c1)OCCO2. The van der Waals surface area contributed by atoms with Crippen molar-refractivity contribution in [3.63, 3.8) is 0 Å². The Kier molecular flexibility index (Phi) is 2.70. The maximum Gasteiger partial charge on any atom is 0.165 e. The van der Waals surface area contributed by atoms with E-state index in [-0.39, 0.29) is 0 Å². The van der Waals surface area contributed by atoms with Crippen molar-refractivity contribution >= 4 is 0 Å². The monoisotopic (exact) mass is 219 g/mol. The summed E-state index contributed by atoms with van der Waals surface area (Å²) >= 11 is 0. The van der Waals surface area contributed by atoms with Gasteiger partial charge in [-0.2, -0.15) is 0 Å². The third-order valence-electron chi connectivity index (χ3n) is 3.09. The Bertz CT molecular complexity index is 374. The van der Waals surface area contributed by atoms with Gasteiger partial charge in [0.25, 0.3) is 0 Å². The van der Waals surface area contributed by atoms with Gasteiger partial charge in [0.1, 0.15) is 13.2 Å². The lowest BCUT2D eigenvalue weighted by molar-refractivity contribution is 0.169. The molecule has 1 fully saturated rings. The second-order valence-corrected chi connectivity index (χ2v) is 4.52. The van der Waals surface area contributed by atoms with Crippen LogP contribution in [0.15, 0.2) is 18.2 Å². The second kappa shape index (κ2) is 4.34. The number of nitrogens with one attached hydrogen (secondary N) is 1. The van der Waals surface area contributed by atoms with Gasteiger partial charge in [0, 0.05) is 12.1 Å². The lowest BCUT2D eigenvalue weighted by Crippen LogP contribution is -2.20. The van der Waals surface area contributed by atoms with Crippen molar-refractivity contribution < 1.29 is 9.47 Å². The molecular weight excluding hydrogens is 202 g/mol. The van der Waals surface area contributed by atoms with E-state index in [1.807, 2.05) is 12.1 Å². The van der Waals surface area contributed by atoms with Crippen LogP contribution in [0.25, 0.3) is 0 Å². The van der Waals surface area contributed by atoms with Crippen molar-refractivity contribution in [1.82, 2.24) is 5.32 Å². The van der Waals surface area contributed by atoms with Crippen LogP contribution in [-0.4, -0.2) is 19.8 Å². The molecule has 0 aromatic heterocycles. The van der Waals surface area contributed by atoms with E-state index >= 15 is 0 Å². The largest absolute Gasteiger partial charge is 0.486 e. The Morgan fingerprint density at radius 3 is 2.94 bits per heavy atom. The van der Waals surface area contributed by atoms with Crippen LogP contribution < -0.4 is 14.8 Å². The molecule has 3 heteroatoms. The summed E-state index contributed by atoms with van der Waals surface area (Å²) in [5, 5.41) is 3.48. The highest BCUT2D eigenvalue weighted by Gasteiger charge is 2.21. The van der Waals surface area contributed by atoms with Gasteiger partial charge in [0.15, 0.2) is 11.5 Å². The Morgan fingerprint density at radius 2 is 2.06 bits per heavy atom. The number of ether oxygens (including phenoxy) is 2. The van der Waals surface area contributed by atoms with Crippen LogP contribution in [0.3, 0.4) is 0 Å². The predicted molar refractivity (Wildman–Crippen MR) is 61.9 cm³/mol. The summed E-state index contributed by atoms with van der Waals surface area (Å²) in [5.41, 5.74) is 1.21. The van der Waals surface area contributed by atoms with E-state index in [1.165, 1.54) is 18.4 Å². The predicted octanol–water partition coefficient (Wildman–Crippen LogP) is 1.96. The quantitative estimate of drug-likeness (QED) is 0.839. The Labute approximate surface area is 95.8 Å².